The van der Waals surface area contributed by atoms with Crippen LogP contribution in [0.2, 0.25) is 0 Å². The molecule has 3 nitrogen and oxygen atoms in total. The minimum Gasteiger partial charge on any atom is -0.350 e. The van der Waals surface area contributed by atoms with Crippen LogP contribution in [0.4, 0.5) is 0 Å². The highest BCUT2D eigenvalue weighted by Gasteiger charge is 2.25. The molecular weight excluding hydrogens is 176 g/mol. The van der Waals surface area contributed by atoms with Crippen LogP contribution >= 0.6 is 0 Å². The van der Waals surface area contributed by atoms with Gasteiger partial charge in [-0.15, -0.1) is 0 Å². The SMILES string of the molecule is CN(C)C1CNC(=O)c2ccccc21. The first-order valence-corrected chi connectivity index (χ1v) is 4.73. The van der Waals surface area contributed by atoms with E-state index in [0.29, 0.717) is 12.6 Å². The second kappa shape index (κ2) is 3.42. The Balaban J connectivity index is 2.46. The molecule has 0 bridgehead atoms. The number of benzene rings is 1. The summed E-state index contributed by atoms with van der Waals surface area (Å²) in [6.45, 7) is 0.697. The number of likely N-dealkylation sites (N-methyl/N-ethyl adjacent to an activating group) is 1. The molecule has 0 aliphatic carbocycles. The summed E-state index contributed by atoms with van der Waals surface area (Å²) in [7, 11) is 4.05. The van der Waals surface area contributed by atoms with Crippen LogP contribution in [0.1, 0.15) is 22.0 Å². The molecule has 74 valence electrons. The molecule has 3 heteroatoms. The predicted molar refractivity (Wildman–Crippen MR) is 55.2 cm³/mol. The highest BCUT2D eigenvalue weighted by molar-refractivity contribution is 5.96. The van der Waals surface area contributed by atoms with Gasteiger partial charge in [0.25, 0.3) is 5.91 Å². The fourth-order valence-corrected chi connectivity index (χ4v) is 1.85. The average molecular weight is 190 g/mol. The maximum Gasteiger partial charge on any atom is 0.251 e. The van der Waals surface area contributed by atoms with Gasteiger partial charge in [-0.2, -0.15) is 0 Å². The highest BCUT2D eigenvalue weighted by atomic mass is 16.1. The summed E-state index contributed by atoms with van der Waals surface area (Å²) in [5, 5.41) is 2.89. The summed E-state index contributed by atoms with van der Waals surface area (Å²) in [4.78, 5) is 13.6. The molecule has 1 aliphatic heterocycles. The smallest absolute Gasteiger partial charge is 0.251 e. The molecule has 0 saturated heterocycles. The first kappa shape index (κ1) is 9.21. The quantitative estimate of drug-likeness (QED) is 0.717. The van der Waals surface area contributed by atoms with Gasteiger partial charge in [0.15, 0.2) is 0 Å². The van der Waals surface area contributed by atoms with Crippen LogP contribution < -0.4 is 5.32 Å². The van der Waals surface area contributed by atoms with Crippen molar-refractivity contribution in [3.05, 3.63) is 35.4 Å². The summed E-state index contributed by atoms with van der Waals surface area (Å²) in [6.07, 6.45) is 0. The number of carbonyl (C=O) groups is 1. The molecule has 0 aromatic heterocycles. The van der Waals surface area contributed by atoms with E-state index in [1.54, 1.807) is 0 Å². The second-order valence-electron chi connectivity index (χ2n) is 3.78. The maximum atomic E-state index is 11.5. The van der Waals surface area contributed by atoms with Gasteiger partial charge >= 0.3 is 0 Å². The van der Waals surface area contributed by atoms with Crippen molar-refractivity contribution in [2.24, 2.45) is 0 Å². The summed E-state index contributed by atoms with van der Waals surface area (Å²) < 4.78 is 0. The zero-order chi connectivity index (χ0) is 10.1. The Hall–Kier alpha value is -1.35. The molecule has 1 N–H and O–H groups in total. The number of hydrogen-bond acceptors (Lipinski definition) is 2. The van der Waals surface area contributed by atoms with Gasteiger partial charge in [-0.1, -0.05) is 18.2 Å². The first-order valence-electron chi connectivity index (χ1n) is 4.73. The van der Waals surface area contributed by atoms with Gasteiger partial charge in [0.1, 0.15) is 0 Å². The number of fused-ring (bicyclic) bond motifs is 1. The number of nitrogens with zero attached hydrogens (tertiary/aromatic N) is 1. The number of amides is 1. The van der Waals surface area contributed by atoms with Crippen molar-refractivity contribution in [2.45, 2.75) is 6.04 Å². The molecule has 1 aliphatic rings. The van der Waals surface area contributed by atoms with Crippen LogP contribution in [0.15, 0.2) is 24.3 Å². The van der Waals surface area contributed by atoms with Gasteiger partial charge in [-0.05, 0) is 25.7 Å². The van der Waals surface area contributed by atoms with Gasteiger partial charge in [0.2, 0.25) is 0 Å². The van der Waals surface area contributed by atoms with Crippen molar-refractivity contribution >= 4 is 5.91 Å². The number of carbonyl (C=O) groups excluding carboxylic acids is 1. The van der Waals surface area contributed by atoms with Crippen LogP contribution in [-0.2, 0) is 0 Å². The number of nitrogens with one attached hydrogen (secondary N) is 1. The van der Waals surface area contributed by atoms with Crippen molar-refractivity contribution < 1.29 is 4.79 Å². The molecule has 0 saturated carbocycles. The van der Waals surface area contributed by atoms with Crippen LogP contribution in [0.25, 0.3) is 0 Å². The van der Waals surface area contributed by atoms with E-state index in [4.69, 9.17) is 0 Å². The Morgan fingerprint density at radius 3 is 2.79 bits per heavy atom. The normalized spacial score (nSPS) is 20.5. The van der Waals surface area contributed by atoms with E-state index >= 15 is 0 Å². The molecule has 1 heterocycles. The van der Waals surface area contributed by atoms with Crippen molar-refractivity contribution in [3.8, 4) is 0 Å². The second-order valence-corrected chi connectivity index (χ2v) is 3.78. The zero-order valence-corrected chi connectivity index (χ0v) is 8.45. The molecule has 1 unspecified atom stereocenters. The topological polar surface area (TPSA) is 32.3 Å². The Morgan fingerprint density at radius 1 is 1.36 bits per heavy atom. The summed E-state index contributed by atoms with van der Waals surface area (Å²) >= 11 is 0. The van der Waals surface area contributed by atoms with E-state index < -0.39 is 0 Å². The number of rotatable bonds is 1. The third-order valence-electron chi connectivity index (χ3n) is 2.64. The highest BCUT2D eigenvalue weighted by Crippen LogP contribution is 2.24. The Bertz CT molecular complexity index is 360. The third kappa shape index (κ3) is 1.40. The van der Waals surface area contributed by atoms with E-state index in [-0.39, 0.29) is 5.91 Å². The van der Waals surface area contributed by atoms with Gasteiger partial charge in [-0.3, -0.25) is 4.79 Å². The molecule has 1 aromatic carbocycles. The molecule has 2 rings (SSSR count). The third-order valence-corrected chi connectivity index (χ3v) is 2.64. The van der Waals surface area contributed by atoms with Gasteiger partial charge in [0, 0.05) is 12.1 Å². The van der Waals surface area contributed by atoms with Gasteiger partial charge < -0.3 is 10.2 Å². The van der Waals surface area contributed by atoms with E-state index in [1.165, 1.54) is 0 Å². The Labute approximate surface area is 83.7 Å². The average Bonchev–Trinajstić information content (AvgIpc) is 2.18. The molecule has 1 aromatic rings. The fraction of sp³-hybridized carbons (Fsp3) is 0.364. The molecule has 1 atom stereocenters. The van der Waals surface area contributed by atoms with Crippen molar-refractivity contribution in [1.82, 2.24) is 10.2 Å². The van der Waals surface area contributed by atoms with Crippen LogP contribution in [0.5, 0.6) is 0 Å². The predicted octanol–water partition coefficient (Wildman–Crippen LogP) is 1.03. The summed E-state index contributed by atoms with van der Waals surface area (Å²) in [6, 6.07) is 8.08. The van der Waals surface area contributed by atoms with Crippen LogP contribution in [0.3, 0.4) is 0 Å². The first-order chi connectivity index (χ1) is 6.70. The fourth-order valence-electron chi connectivity index (χ4n) is 1.85. The maximum absolute atomic E-state index is 11.5. The lowest BCUT2D eigenvalue weighted by molar-refractivity contribution is 0.0922. The zero-order valence-electron chi connectivity index (χ0n) is 8.45. The molecule has 0 fully saturated rings. The van der Waals surface area contributed by atoms with E-state index in [1.807, 2.05) is 38.4 Å². The van der Waals surface area contributed by atoms with Crippen LogP contribution in [0, 0.1) is 0 Å². The molecule has 0 spiro atoms. The lowest BCUT2D eigenvalue weighted by Crippen LogP contribution is -2.40. The minimum absolute atomic E-state index is 0.0405. The molecule has 14 heavy (non-hydrogen) atoms. The van der Waals surface area contributed by atoms with Crippen molar-refractivity contribution in [1.29, 1.82) is 0 Å². The van der Waals surface area contributed by atoms with Crippen molar-refractivity contribution in [3.63, 3.8) is 0 Å². The Morgan fingerprint density at radius 2 is 2.07 bits per heavy atom. The molecule has 0 radical (unpaired) electrons. The minimum atomic E-state index is 0.0405. The lowest BCUT2D eigenvalue weighted by atomic mass is 9.95. The summed E-state index contributed by atoms with van der Waals surface area (Å²) in [5.41, 5.74) is 1.93. The van der Waals surface area contributed by atoms with E-state index in [9.17, 15) is 4.79 Å². The van der Waals surface area contributed by atoms with Crippen molar-refractivity contribution in [2.75, 3.05) is 20.6 Å². The number of hydrogen-bond donors (Lipinski definition) is 1. The largest absolute Gasteiger partial charge is 0.350 e. The van der Waals surface area contributed by atoms with Crippen LogP contribution in [-0.4, -0.2) is 31.4 Å². The molecular formula is C11H14N2O. The lowest BCUT2D eigenvalue weighted by Gasteiger charge is -2.30. The Kier molecular flexibility index (Phi) is 2.25. The van der Waals surface area contributed by atoms with Gasteiger partial charge in [0.05, 0.1) is 6.04 Å². The monoisotopic (exact) mass is 190 g/mol. The summed E-state index contributed by atoms with van der Waals surface area (Å²) in [5.74, 6) is 0.0405. The van der Waals surface area contributed by atoms with E-state index in [2.05, 4.69) is 10.2 Å². The molecule has 1 amide bonds. The van der Waals surface area contributed by atoms with E-state index in [0.717, 1.165) is 11.1 Å². The van der Waals surface area contributed by atoms with Gasteiger partial charge in [-0.25, -0.2) is 0 Å². The standard InChI is InChI=1S/C11H14N2O/c1-13(2)10-7-12-11(14)9-6-4-3-5-8(9)10/h3-6,10H,7H2,1-2H3,(H,12,14).